The van der Waals surface area contributed by atoms with E-state index in [2.05, 4.69) is 0 Å². The fraction of sp³-hybridized carbons (Fsp3) is 1.00. The summed E-state index contributed by atoms with van der Waals surface area (Å²) in [6.07, 6.45) is 0.825. The maximum absolute atomic E-state index is 11.1. The average Bonchev–Trinajstić information content (AvgIpc) is 2.07. The van der Waals surface area contributed by atoms with Crippen LogP contribution in [0.4, 0.5) is 0 Å². The Morgan fingerprint density at radius 1 is 1.27 bits per heavy atom. The van der Waals surface area contributed by atoms with E-state index in [4.69, 9.17) is 0 Å². The summed E-state index contributed by atoms with van der Waals surface area (Å²) < 4.78 is 22.9. The second kappa shape index (κ2) is 2.45. The van der Waals surface area contributed by atoms with Crippen LogP contribution >= 0.6 is 0 Å². The van der Waals surface area contributed by atoms with E-state index in [1.54, 1.807) is 0 Å². The molecule has 4 heteroatoms. The van der Waals surface area contributed by atoms with Crippen LogP contribution in [0.5, 0.6) is 0 Å². The van der Waals surface area contributed by atoms with Crippen LogP contribution in [-0.2, 0) is 9.84 Å². The first-order chi connectivity index (χ1) is 4.81. The van der Waals surface area contributed by atoms with E-state index in [0.29, 0.717) is 17.5 Å². The first-order valence-electron chi connectivity index (χ1n) is 3.83. The molecule has 11 heavy (non-hydrogen) atoms. The van der Waals surface area contributed by atoms with Gasteiger partial charge in [-0.1, -0.05) is 0 Å². The van der Waals surface area contributed by atoms with Crippen molar-refractivity contribution in [2.75, 3.05) is 32.6 Å². The summed E-state index contributed by atoms with van der Waals surface area (Å²) in [5.41, 5.74) is 0. The van der Waals surface area contributed by atoms with Gasteiger partial charge in [0.05, 0.1) is 26.9 Å². The molecule has 1 heterocycles. The molecule has 1 aliphatic heterocycles. The van der Waals surface area contributed by atoms with Gasteiger partial charge in [-0.15, -0.1) is 0 Å². The first-order valence-corrected chi connectivity index (χ1v) is 5.65. The molecule has 0 amide bonds. The van der Waals surface area contributed by atoms with E-state index >= 15 is 0 Å². The zero-order chi connectivity index (χ0) is 8.70. The summed E-state index contributed by atoms with van der Waals surface area (Å²) >= 11 is 0. The second-order valence-electron chi connectivity index (χ2n) is 4.17. The summed E-state index contributed by atoms with van der Waals surface area (Å²) in [7, 11) is 3.45. The highest BCUT2D eigenvalue weighted by molar-refractivity contribution is 7.91. The SMILES string of the molecule is C[N+](C)(C)[C@@H]1CCS(=O)(=O)C1. The molecule has 0 spiro atoms. The topological polar surface area (TPSA) is 34.1 Å². The third kappa shape index (κ3) is 2.17. The summed E-state index contributed by atoms with van der Waals surface area (Å²) in [6, 6.07) is 0.306. The number of hydrogen-bond acceptors (Lipinski definition) is 2. The van der Waals surface area contributed by atoms with Gasteiger partial charge in [0.1, 0.15) is 11.8 Å². The minimum absolute atomic E-state index is 0.306. The lowest BCUT2D eigenvalue weighted by atomic mass is 10.2. The van der Waals surface area contributed by atoms with E-state index in [0.717, 1.165) is 10.9 Å². The molecule has 0 aromatic rings. The van der Waals surface area contributed by atoms with Gasteiger partial charge in [0, 0.05) is 6.42 Å². The monoisotopic (exact) mass is 178 g/mol. The van der Waals surface area contributed by atoms with Crippen molar-refractivity contribution >= 4 is 9.84 Å². The highest BCUT2D eigenvalue weighted by atomic mass is 32.2. The summed E-state index contributed by atoms with van der Waals surface area (Å²) in [4.78, 5) is 0. The maximum atomic E-state index is 11.1. The van der Waals surface area contributed by atoms with E-state index in [9.17, 15) is 8.42 Å². The Morgan fingerprint density at radius 3 is 2.00 bits per heavy atom. The van der Waals surface area contributed by atoms with Crippen LogP contribution in [0.25, 0.3) is 0 Å². The Hall–Kier alpha value is -0.0900. The molecule has 1 atom stereocenters. The molecule has 66 valence electrons. The maximum Gasteiger partial charge on any atom is 0.156 e. The Kier molecular flexibility index (Phi) is 2.01. The van der Waals surface area contributed by atoms with Crippen LogP contribution in [-0.4, -0.2) is 51.6 Å². The summed E-state index contributed by atoms with van der Waals surface area (Å²) in [6.45, 7) is 0. The molecule has 1 aliphatic rings. The molecule has 0 N–H and O–H groups in total. The van der Waals surface area contributed by atoms with Gasteiger partial charge in [0.15, 0.2) is 9.84 Å². The van der Waals surface area contributed by atoms with Crippen LogP contribution in [0.3, 0.4) is 0 Å². The fourth-order valence-corrected chi connectivity index (χ4v) is 3.38. The number of sulfone groups is 1. The molecule has 3 nitrogen and oxygen atoms in total. The molecule has 0 aromatic carbocycles. The second-order valence-corrected chi connectivity index (χ2v) is 6.40. The Labute approximate surface area is 68.5 Å². The molecule has 0 saturated carbocycles. The predicted octanol–water partition coefficient (Wildman–Crippen LogP) is -0.120. The van der Waals surface area contributed by atoms with Crippen LogP contribution < -0.4 is 0 Å². The van der Waals surface area contributed by atoms with Crippen LogP contribution in [0.2, 0.25) is 0 Å². The molecular weight excluding hydrogens is 162 g/mol. The predicted molar refractivity (Wildman–Crippen MR) is 45.1 cm³/mol. The van der Waals surface area contributed by atoms with Crippen LogP contribution in [0.15, 0.2) is 0 Å². The summed E-state index contributed by atoms with van der Waals surface area (Å²) in [5.74, 6) is 0.754. The van der Waals surface area contributed by atoms with Crippen molar-refractivity contribution in [1.82, 2.24) is 0 Å². The third-order valence-electron chi connectivity index (χ3n) is 2.30. The average molecular weight is 178 g/mol. The Bertz CT molecular complexity index is 238. The van der Waals surface area contributed by atoms with E-state index in [1.807, 2.05) is 21.1 Å². The highest BCUT2D eigenvalue weighted by Crippen LogP contribution is 2.19. The molecule has 0 unspecified atom stereocenters. The third-order valence-corrected chi connectivity index (χ3v) is 4.05. The van der Waals surface area contributed by atoms with Crippen molar-refractivity contribution in [3.05, 3.63) is 0 Å². The van der Waals surface area contributed by atoms with Crippen LogP contribution in [0, 0.1) is 0 Å². The largest absolute Gasteiger partial charge is 0.328 e. The zero-order valence-corrected chi connectivity index (χ0v) is 8.19. The molecule has 0 bridgehead atoms. The van der Waals surface area contributed by atoms with Crippen molar-refractivity contribution in [2.45, 2.75) is 12.5 Å². The van der Waals surface area contributed by atoms with Gasteiger partial charge in [0.25, 0.3) is 0 Å². The molecule has 0 aliphatic carbocycles. The van der Waals surface area contributed by atoms with Crippen molar-refractivity contribution < 1.29 is 12.9 Å². The van der Waals surface area contributed by atoms with Gasteiger partial charge in [0.2, 0.25) is 0 Å². The lowest BCUT2D eigenvalue weighted by Crippen LogP contribution is -2.45. The summed E-state index contributed by atoms with van der Waals surface area (Å²) in [5, 5.41) is 0. The minimum atomic E-state index is -2.69. The molecule has 1 rings (SSSR count). The number of quaternary nitrogens is 1. The van der Waals surface area contributed by atoms with Crippen molar-refractivity contribution in [1.29, 1.82) is 0 Å². The van der Waals surface area contributed by atoms with Gasteiger partial charge in [-0.25, -0.2) is 8.42 Å². The molecular formula is C7H16NO2S+. The molecule has 1 fully saturated rings. The molecule has 1 saturated heterocycles. The first kappa shape index (κ1) is 9.00. The van der Waals surface area contributed by atoms with E-state index < -0.39 is 9.84 Å². The number of nitrogens with zero attached hydrogens (tertiary/aromatic N) is 1. The van der Waals surface area contributed by atoms with E-state index in [-0.39, 0.29) is 0 Å². The Morgan fingerprint density at radius 2 is 1.82 bits per heavy atom. The lowest BCUT2D eigenvalue weighted by molar-refractivity contribution is -0.892. The minimum Gasteiger partial charge on any atom is -0.328 e. The van der Waals surface area contributed by atoms with Gasteiger partial charge in [-0.3, -0.25) is 0 Å². The molecule has 0 radical (unpaired) electrons. The smallest absolute Gasteiger partial charge is 0.156 e. The normalized spacial score (nSPS) is 30.6. The van der Waals surface area contributed by atoms with E-state index in [1.165, 1.54) is 0 Å². The molecule has 0 aromatic heterocycles. The van der Waals surface area contributed by atoms with Crippen molar-refractivity contribution in [2.24, 2.45) is 0 Å². The number of rotatable bonds is 1. The van der Waals surface area contributed by atoms with Gasteiger partial charge < -0.3 is 4.48 Å². The van der Waals surface area contributed by atoms with Crippen LogP contribution in [0.1, 0.15) is 6.42 Å². The Balaban J connectivity index is 2.70. The highest BCUT2D eigenvalue weighted by Gasteiger charge is 2.36. The van der Waals surface area contributed by atoms with Gasteiger partial charge >= 0.3 is 0 Å². The van der Waals surface area contributed by atoms with Crippen molar-refractivity contribution in [3.8, 4) is 0 Å². The zero-order valence-electron chi connectivity index (χ0n) is 7.37. The lowest BCUT2D eigenvalue weighted by Gasteiger charge is -2.30. The van der Waals surface area contributed by atoms with Gasteiger partial charge in [-0.05, 0) is 0 Å². The number of hydrogen-bond donors (Lipinski definition) is 0. The standard InChI is InChI=1S/C7H16NO2S/c1-8(2,3)7-4-5-11(9,10)6-7/h7H,4-6H2,1-3H3/q+1/t7-/m1/s1. The van der Waals surface area contributed by atoms with Gasteiger partial charge in [-0.2, -0.15) is 0 Å². The van der Waals surface area contributed by atoms with Crippen molar-refractivity contribution in [3.63, 3.8) is 0 Å². The quantitative estimate of drug-likeness (QED) is 0.525. The fourth-order valence-electron chi connectivity index (χ4n) is 1.39.